The molecule has 0 aliphatic carbocycles. The highest BCUT2D eigenvalue weighted by molar-refractivity contribution is 6.56. The van der Waals surface area contributed by atoms with Gasteiger partial charge in [-0.3, -0.25) is 4.79 Å². The third kappa shape index (κ3) is 5.87. The number of ether oxygens (including phenoxy) is 1. The molecular weight excluding hydrogens is 383 g/mol. The Morgan fingerprint density at radius 1 is 1.27 bits per heavy atom. The van der Waals surface area contributed by atoms with Gasteiger partial charge in [-0.05, 0) is 58.1 Å². The first kappa shape index (κ1) is 24.4. The van der Waals surface area contributed by atoms with E-state index in [2.05, 4.69) is 13.5 Å². The summed E-state index contributed by atoms with van der Waals surface area (Å²) < 4.78 is 23.6. The monoisotopic (exact) mass is 418 g/mol. The van der Waals surface area contributed by atoms with Gasteiger partial charge in [-0.15, -0.1) is 0 Å². The van der Waals surface area contributed by atoms with Crippen molar-refractivity contribution in [3.05, 3.63) is 47.4 Å². The molecule has 1 atom stereocenters. The van der Waals surface area contributed by atoms with Gasteiger partial charge in [0.15, 0.2) is 6.10 Å². The van der Waals surface area contributed by atoms with Gasteiger partial charge in [-0.1, -0.05) is 31.6 Å². The first-order valence-corrected chi connectivity index (χ1v) is 10.6. The molecule has 0 aromatic carbocycles. The zero-order valence-corrected chi connectivity index (χ0v) is 19.1. The van der Waals surface area contributed by atoms with Gasteiger partial charge in [-0.25, -0.2) is 0 Å². The predicted molar refractivity (Wildman–Crippen MR) is 117 cm³/mol. The molecule has 0 spiro atoms. The van der Waals surface area contributed by atoms with Gasteiger partial charge in [-0.2, -0.15) is 0 Å². The van der Waals surface area contributed by atoms with E-state index in [0.29, 0.717) is 17.9 Å². The van der Waals surface area contributed by atoms with Crippen LogP contribution in [0.1, 0.15) is 84.9 Å². The van der Waals surface area contributed by atoms with E-state index in [-0.39, 0.29) is 6.61 Å². The molecular formula is C23H35BO6. The fourth-order valence-corrected chi connectivity index (χ4v) is 3.22. The fraction of sp³-hybridized carbons (Fsp3) is 0.609. The van der Waals surface area contributed by atoms with Crippen LogP contribution in [0.25, 0.3) is 0 Å². The molecule has 1 N–H and O–H groups in total. The number of rotatable bonds is 10. The molecule has 1 saturated heterocycles. The maximum absolute atomic E-state index is 11.6. The van der Waals surface area contributed by atoms with Crippen LogP contribution in [0.2, 0.25) is 0 Å². The van der Waals surface area contributed by atoms with Crippen molar-refractivity contribution in [2.75, 3.05) is 0 Å². The number of carbonyl (C=O) groups is 1. The molecule has 30 heavy (non-hydrogen) atoms. The van der Waals surface area contributed by atoms with E-state index in [1.807, 2.05) is 33.8 Å². The van der Waals surface area contributed by atoms with Crippen molar-refractivity contribution in [2.45, 2.75) is 91.1 Å². The van der Waals surface area contributed by atoms with Gasteiger partial charge >= 0.3 is 13.1 Å². The van der Waals surface area contributed by atoms with Crippen LogP contribution in [0, 0.1) is 0 Å². The van der Waals surface area contributed by atoms with Crippen LogP contribution in [-0.4, -0.2) is 29.4 Å². The maximum atomic E-state index is 11.6. The van der Waals surface area contributed by atoms with E-state index in [4.69, 9.17) is 18.5 Å². The summed E-state index contributed by atoms with van der Waals surface area (Å²) in [5.41, 5.74) is 0.892. The minimum atomic E-state index is -0.612. The number of aliphatic hydroxyl groups excluding tert-OH is 1. The Kier molecular flexibility index (Phi) is 8.14. The molecule has 7 heteroatoms. The van der Waals surface area contributed by atoms with Crippen molar-refractivity contribution < 1.29 is 28.4 Å². The number of hydrogen-bond donors (Lipinski definition) is 1. The van der Waals surface area contributed by atoms with E-state index < -0.39 is 30.4 Å². The Hall–Kier alpha value is -1.83. The fourth-order valence-electron chi connectivity index (χ4n) is 3.22. The summed E-state index contributed by atoms with van der Waals surface area (Å²) in [5.74, 6) is 0.500. The smallest absolute Gasteiger partial charge is 0.460 e. The zero-order chi connectivity index (χ0) is 22.5. The highest BCUT2D eigenvalue weighted by atomic mass is 16.7. The molecule has 1 fully saturated rings. The van der Waals surface area contributed by atoms with Gasteiger partial charge < -0.3 is 23.6 Å². The molecule has 1 aliphatic rings. The van der Waals surface area contributed by atoms with Crippen LogP contribution in [0.5, 0.6) is 0 Å². The lowest BCUT2D eigenvalue weighted by atomic mass is 9.72. The lowest BCUT2D eigenvalue weighted by Crippen LogP contribution is -2.41. The lowest BCUT2D eigenvalue weighted by molar-refractivity contribution is -0.147. The summed E-state index contributed by atoms with van der Waals surface area (Å²) in [6.07, 6.45) is 4.64. The Bertz CT molecular complexity index is 760. The molecule has 1 aliphatic heterocycles. The average Bonchev–Trinajstić information content (AvgIpc) is 3.20. The molecule has 1 aromatic heterocycles. The van der Waals surface area contributed by atoms with Crippen molar-refractivity contribution >= 4 is 13.1 Å². The number of esters is 1. The molecule has 0 saturated carbocycles. The number of hydrogen-bond acceptors (Lipinski definition) is 6. The van der Waals surface area contributed by atoms with Gasteiger partial charge in [0.05, 0.1) is 11.2 Å². The van der Waals surface area contributed by atoms with Gasteiger partial charge in [0, 0.05) is 13.3 Å². The number of allylic oxidation sites excluding steroid dienone is 2. The minimum absolute atomic E-state index is 0.213. The van der Waals surface area contributed by atoms with E-state index in [1.165, 1.54) is 6.92 Å². The number of unbranched alkanes of at least 4 members (excludes halogenated alkanes) is 1. The van der Waals surface area contributed by atoms with Crippen LogP contribution >= 0.6 is 0 Å². The van der Waals surface area contributed by atoms with E-state index >= 15 is 0 Å². The maximum Gasteiger partial charge on any atom is 0.494 e. The van der Waals surface area contributed by atoms with Crippen molar-refractivity contribution in [3.8, 4) is 0 Å². The van der Waals surface area contributed by atoms with Gasteiger partial charge in [0.25, 0.3) is 0 Å². The molecule has 0 amide bonds. The summed E-state index contributed by atoms with van der Waals surface area (Å²) in [6, 6.07) is 3.39. The Morgan fingerprint density at radius 2 is 1.90 bits per heavy atom. The molecule has 166 valence electrons. The number of carbonyl (C=O) groups excluding carboxylic acids is 1. The van der Waals surface area contributed by atoms with Crippen LogP contribution in [-0.2, 0) is 25.4 Å². The van der Waals surface area contributed by atoms with E-state index in [9.17, 15) is 9.90 Å². The third-order valence-electron chi connectivity index (χ3n) is 5.76. The second-order valence-electron chi connectivity index (χ2n) is 8.75. The Morgan fingerprint density at radius 3 is 2.40 bits per heavy atom. The summed E-state index contributed by atoms with van der Waals surface area (Å²) in [7, 11) is -0.540. The zero-order valence-electron chi connectivity index (χ0n) is 19.1. The Labute approximate surface area is 180 Å². The van der Waals surface area contributed by atoms with Crippen molar-refractivity contribution in [3.63, 3.8) is 0 Å². The van der Waals surface area contributed by atoms with E-state index in [1.54, 1.807) is 12.1 Å². The first-order valence-electron chi connectivity index (χ1n) is 10.6. The lowest BCUT2D eigenvalue weighted by Gasteiger charge is -2.32. The van der Waals surface area contributed by atoms with Crippen molar-refractivity contribution in [1.82, 2.24) is 0 Å². The quantitative estimate of drug-likeness (QED) is 0.325. The molecule has 1 aromatic rings. The number of aliphatic hydroxyl groups is 1. The molecule has 6 nitrogen and oxygen atoms in total. The van der Waals surface area contributed by atoms with Crippen LogP contribution in [0.3, 0.4) is 0 Å². The van der Waals surface area contributed by atoms with Crippen molar-refractivity contribution in [2.24, 2.45) is 0 Å². The highest BCUT2D eigenvalue weighted by Crippen LogP contribution is 2.40. The van der Waals surface area contributed by atoms with Crippen LogP contribution in [0.4, 0.5) is 0 Å². The molecule has 2 heterocycles. The normalized spacial score (nSPS) is 19.0. The van der Waals surface area contributed by atoms with Crippen LogP contribution in [0.15, 0.2) is 40.3 Å². The second-order valence-corrected chi connectivity index (χ2v) is 8.75. The SMILES string of the molecule is C=C(CCCC)/C(=C/C[C@H](OC(C)=O)c1ccc(CO)o1)B1OC(C)(C)C(C)(C)O1. The largest absolute Gasteiger partial charge is 0.494 e. The standard InChI is InChI=1S/C23H35BO6/c1-8-9-10-16(2)19(24-29-22(4,5)23(6,7)30-24)12-14-20(27-17(3)26)21-13-11-18(15-25)28-21/h11-13,20,25H,2,8-10,14-15H2,1,3-7H3/b19-12-/t20-/m0/s1. The average molecular weight is 418 g/mol. The summed E-state index contributed by atoms with van der Waals surface area (Å²) in [6.45, 7) is 15.6. The number of furan rings is 1. The predicted octanol–water partition coefficient (Wildman–Crippen LogP) is 5.07. The van der Waals surface area contributed by atoms with Crippen LogP contribution < -0.4 is 0 Å². The molecule has 0 radical (unpaired) electrons. The Balaban J connectivity index is 2.31. The van der Waals surface area contributed by atoms with E-state index in [0.717, 1.165) is 30.3 Å². The molecule has 0 unspecified atom stereocenters. The third-order valence-corrected chi connectivity index (χ3v) is 5.76. The topological polar surface area (TPSA) is 78.1 Å². The summed E-state index contributed by atoms with van der Waals surface area (Å²) in [4.78, 5) is 11.6. The second kappa shape index (κ2) is 9.99. The van der Waals surface area contributed by atoms with Crippen molar-refractivity contribution in [1.29, 1.82) is 0 Å². The highest BCUT2D eigenvalue weighted by Gasteiger charge is 2.52. The molecule has 2 rings (SSSR count). The molecule has 0 bridgehead atoms. The first-order chi connectivity index (χ1) is 14.0. The summed E-state index contributed by atoms with van der Waals surface area (Å²) >= 11 is 0. The summed E-state index contributed by atoms with van der Waals surface area (Å²) in [5, 5.41) is 9.27. The minimum Gasteiger partial charge on any atom is -0.460 e. The van der Waals surface area contributed by atoms with Gasteiger partial charge in [0.2, 0.25) is 0 Å². The van der Waals surface area contributed by atoms with Gasteiger partial charge in [0.1, 0.15) is 18.1 Å².